The van der Waals surface area contributed by atoms with Gasteiger partial charge in [0.2, 0.25) is 0 Å². The Kier molecular flexibility index (Phi) is 2.90. The second-order valence-electron chi connectivity index (χ2n) is 4.83. The monoisotopic (exact) mass is 252 g/mol. The van der Waals surface area contributed by atoms with Crippen LogP contribution in [0.1, 0.15) is 59.0 Å². The van der Waals surface area contributed by atoms with Crippen LogP contribution < -0.4 is 0 Å². The first-order chi connectivity index (χ1) is 8.27. The Balaban J connectivity index is 2.06. The zero-order valence-electron chi connectivity index (χ0n) is 9.70. The highest BCUT2D eigenvalue weighted by Gasteiger charge is 2.32. The Bertz CT molecular complexity index is 444. The summed E-state index contributed by atoms with van der Waals surface area (Å²) in [5.74, 6) is 3.07. The standard InChI is InChI=1S/C13H16O3S/c14-13(15)11-9-5-6-17-7-10(9)16-12(11)8-3-1-2-4-8/h8H,1-7H2,(H,14,15). The van der Waals surface area contributed by atoms with Gasteiger partial charge in [-0.2, -0.15) is 11.8 Å². The molecular weight excluding hydrogens is 236 g/mol. The van der Waals surface area contributed by atoms with Crippen molar-refractivity contribution in [3.05, 3.63) is 22.6 Å². The van der Waals surface area contributed by atoms with Gasteiger partial charge >= 0.3 is 5.97 Å². The van der Waals surface area contributed by atoms with Crippen molar-refractivity contribution in [2.75, 3.05) is 5.75 Å². The Morgan fingerprint density at radius 2 is 2.12 bits per heavy atom. The smallest absolute Gasteiger partial charge is 0.339 e. The summed E-state index contributed by atoms with van der Waals surface area (Å²) in [6.07, 6.45) is 5.41. The second-order valence-corrected chi connectivity index (χ2v) is 5.94. The van der Waals surface area contributed by atoms with Gasteiger partial charge in [0.1, 0.15) is 17.1 Å². The Labute approximate surface area is 105 Å². The van der Waals surface area contributed by atoms with E-state index in [-0.39, 0.29) is 0 Å². The van der Waals surface area contributed by atoms with Crippen LogP contribution in [0.2, 0.25) is 0 Å². The third-order valence-corrected chi connectivity index (χ3v) is 4.75. The highest BCUT2D eigenvalue weighted by Crippen LogP contribution is 2.41. The van der Waals surface area contributed by atoms with E-state index in [0.29, 0.717) is 11.5 Å². The third-order valence-electron chi connectivity index (χ3n) is 3.79. The van der Waals surface area contributed by atoms with Crippen molar-refractivity contribution in [3.63, 3.8) is 0 Å². The number of aromatic carboxylic acids is 1. The molecule has 1 aromatic heterocycles. The predicted octanol–water partition coefficient (Wildman–Crippen LogP) is 3.42. The number of carbonyl (C=O) groups is 1. The van der Waals surface area contributed by atoms with Crippen molar-refractivity contribution < 1.29 is 14.3 Å². The fourth-order valence-electron chi connectivity index (χ4n) is 2.96. The summed E-state index contributed by atoms with van der Waals surface area (Å²) in [5, 5.41) is 9.40. The van der Waals surface area contributed by atoms with Gasteiger partial charge in [-0.25, -0.2) is 4.79 Å². The molecule has 92 valence electrons. The Morgan fingerprint density at radius 1 is 1.35 bits per heavy atom. The number of carboxylic acid groups (broad SMARTS) is 1. The summed E-state index contributed by atoms with van der Waals surface area (Å²) < 4.78 is 5.88. The van der Waals surface area contributed by atoms with Gasteiger partial charge in [0, 0.05) is 11.5 Å². The van der Waals surface area contributed by atoms with Gasteiger partial charge in [0.05, 0.1) is 5.75 Å². The number of carboxylic acids is 1. The molecule has 1 saturated carbocycles. The zero-order valence-corrected chi connectivity index (χ0v) is 10.5. The molecule has 1 aromatic rings. The number of hydrogen-bond donors (Lipinski definition) is 1. The van der Waals surface area contributed by atoms with Crippen molar-refractivity contribution in [3.8, 4) is 0 Å². The zero-order chi connectivity index (χ0) is 11.8. The van der Waals surface area contributed by atoms with Crippen LogP contribution in [0.4, 0.5) is 0 Å². The van der Waals surface area contributed by atoms with E-state index in [4.69, 9.17) is 4.42 Å². The summed E-state index contributed by atoms with van der Waals surface area (Å²) in [7, 11) is 0. The molecule has 0 spiro atoms. The lowest BCUT2D eigenvalue weighted by molar-refractivity contribution is 0.0692. The van der Waals surface area contributed by atoms with Gasteiger partial charge in [-0.05, 0) is 25.0 Å². The molecule has 1 fully saturated rings. The second kappa shape index (κ2) is 4.41. The van der Waals surface area contributed by atoms with Crippen molar-refractivity contribution in [1.29, 1.82) is 0 Å². The van der Waals surface area contributed by atoms with E-state index in [2.05, 4.69) is 0 Å². The van der Waals surface area contributed by atoms with Crippen LogP contribution in [0.3, 0.4) is 0 Å². The number of hydrogen-bond acceptors (Lipinski definition) is 3. The average Bonchev–Trinajstić information content (AvgIpc) is 2.95. The molecule has 3 rings (SSSR count). The maximum absolute atomic E-state index is 11.4. The number of thioether (sulfide) groups is 1. The molecule has 0 unspecified atom stereocenters. The van der Waals surface area contributed by atoms with E-state index in [9.17, 15) is 9.90 Å². The van der Waals surface area contributed by atoms with Crippen LogP contribution in [-0.2, 0) is 12.2 Å². The van der Waals surface area contributed by atoms with E-state index >= 15 is 0 Å². The fraction of sp³-hybridized carbons (Fsp3) is 0.615. The molecule has 1 aliphatic heterocycles. The van der Waals surface area contributed by atoms with E-state index in [1.165, 1.54) is 12.8 Å². The van der Waals surface area contributed by atoms with Crippen LogP contribution in [0.25, 0.3) is 0 Å². The molecule has 4 heteroatoms. The lowest BCUT2D eigenvalue weighted by Crippen LogP contribution is -2.08. The van der Waals surface area contributed by atoms with E-state index in [1.807, 2.05) is 11.8 Å². The molecule has 2 heterocycles. The minimum atomic E-state index is -0.802. The molecule has 0 amide bonds. The first kappa shape index (κ1) is 11.2. The minimum Gasteiger partial charge on any atom is -0.478 e. The largest absolute Gasteiger partial charge is 0.478 e. The maximum Gasteiger partial charge on any atom is 0.339 e. The van der Waals surface area contributed by atoms with Crippen molar-refractivity contribution in [1.82, 2.24) is 0 Å². The van der Waals surface area contributed by atoms with Gasteiger partial charge in [0.15, 0.2) is 0 Å². The molecular formula is C13H16O3S. The Hall–Kier alpha value is -0.900. The van der Waals surface area contributed by atoms with Crippen LogP contribution in [-0.4, -0.2) is 16.8 Å². The van der Waals surface area contributed by atoms with Crippen molar-refractivity contribution in [2.45, 2.75) is 43.8 Å². The van der Waals surface area contributed by atoms with Gasteiger partial charge in [-0.1, -0.05) is 12.8 Å². The van der Waals surface area contributed by atoms with Gasteiger partial charge in [-0.15, -0.1) is 0 Å². The van der Waals surface area contributed by atoms with E-state index in [1.54, 1.807) is 0 Å². The SMILES string of the molecule is O=C(O)c1c(C2CCCC2)oc2c1CCSC2. The maximum atomic E-state index is 11.4. The topological polar surface area (TPSA) is 50.4 Å². The molecule has 0 aromatic carbocycles. The number of rotatable bonds is 2. The summed E-state index contributed by atoms with van der Waals surface area (Å²) >= 11 is 1.83. The van der Waals surface area contributed by atoms with E-state index < -0.39 is 5.97 Å². The van der Waals surface area contributed by atoms with E-state index in [0.717, 1.165) is 47.9 Å². The first-order valence-corrected chi connectivity index (χ1v) is 7.38. The fourth-order valence-corrected chi connectivity index (χ4v) is 3.87. The molecule has 1 N–H and O–H groups in total. The quantitative estimate of drug-likeness (QED) is 0.876. The number of furan rings is 1. The van der Waals surface area contributed by atoms with Crippen LogP contribution >= 0.6 is 11.8 Å². The summed E-state index contributed by atoms with van der Waals surface area (Å²) in [6.45, 7) is 0. The molecule has 0 atom stereocenters. The van der Waals surface area contributed by atoms with Crippen LogP contribution in [0.15, 0.2) is 4.42 Å². The normalized spacial score (nSPS) is 20.5. The minimum absolute atomic E-state index is 0.344. The third kappa shape index (κ3) is 1.88. The highest BCUT2D eigenvalue weighted by molar-refractivity contribution is 7.98. The summed E-state index contributed by atoms with van der Waals surface area (Å²) in [6, 6.07) is 0. The predicted molar refractivity (Wildman–Crippen MR) is 66.7 cm³/mol. The lowest BCUT2D eigenvalue weighted by Gasteiger charge is -2.09. The van der Waals surface area contributed by atoms with Crippen LogP contribution in [0.5, 0.6) is 0 Å². The van der Waals surface area contributed by atoms with Crippen molar-refractivity contribution >= 4 is 17.7 Å². The molecule has 1 aliphatic carbocycles. The van der Waals surface area contributed by atoms with Gasteiger partial charge < -0.3 is 9.52 Å². The molecule has 3 nitrogen and oxygen atoms in total. The highest BCUT2D eigenvalue weighted by atomic mass is 32.2. The molecule has 0 radical (unpaired) electrons. The average molecular weight is 252 g/mol. The molecule has 2 aliphatic rings. The summed E-state index contributed by atoms with van der Waals surface area (Å²) in [4.78, 5) is 11.4. The van der Waals surface area contributed by atoms with Gasteiger partial charge in [0.25, 0.3) is 0 Å². The van der Waals surface area contributed by atoms with Crippen molar-refractivity contribution in [2.24, 2.45) is 0 Å². The Morgan fingerprint density at radius 3 is 2.82 bits per heavy atom. The van der Waals surface area contributed by atoms with Gasteiger partial charge in [-0.3, -0.25) is 0 Å². The molecule has 17 heavy (non-hydrogen) atoms. The first-order valence-electron chi connectivity index (χ1n) is 6.23. The lowest BCUT2D eigenvalue weighted by atomic mass is 9.97. The molecule has 0 saturated heterocycles. The molecule has 0 bridgehead atoms. The van der Waals surface area contributed by atoms with Crippen LogP contribution in [0, 0.1) is 0 Å². The summed E-state index contributed by atoms with van der Waals surface area (Å²) in [5.41, 5.74) is 1.46. The number of fused-ring (bicyclic) bond motifs is 1.